The monoisotopic (exact) mass is 304 g/mol. The Kier molecular flexibility index (Phi) is 5.38. The number of nitrogens with zero attached hydrogens (tertiary/aromatic N) is 1. The number of para-hydroxylation sites is 1. The molecule has 20 heavy (non-hydrogen) atoms. The van der Waals surface area contributed by atoms with Gasteiger partial charge in [-0.15, -0.1) is 0 Å². The van der Waals surface area contributed by atoms with E-state index in [1.807, 2.05) is 26.2 Å². The molecule has 0 bridgehead atoms. The second kappa shape index (κ2) is 6.43. The predicted octanol–water partition coefficient (Wildman–Crippen LogP) is 1.55. The van der Waals surface area contributed by atoms with Crippen LogP contribution < -0.4 is 14.0 Å². The third kappa shape index (κ3) is 4.36. The van der Waals surface area contributed by atoms with Gasteiger partial charge in [-0.1, -0.05) is 6.07 Å². The lowest BCUT2D eigenvalue weighted by Gasteiger charge is -2.30. The molecule has 1 aromatic carbocycles. The smallest absolute Gasteiger partial charge is 0.265 e. The molecule has 0 aliphatic carbocycles. The highest BCUT2D eigenvalue weighted by Crippen LogP contribution is 2.39. The molecule has 0 aliphatic heterocycles. The summed E-state index contributed by atoms with van der Waals surface area (Å²) >= 11 is 0. The molecule has 0 saturated heterocycles. The first-order chi connectivity index (χ1) is 9.21. The zero-order chi connectivity index (χ0) is 15.4. The molecule has 0 heterocycles. The van der Waals surface area contributed by atoms with Crippen LogP contribution in [0.3, 0.4) is 0 Å². The summed E-state index contributed by atoms with van der Waals surface area (Å²) in [5.41, 5.74) is 0.891. The molecule has 0 amide bonds. The Bertz CT molecular complexity index is 554. The lowest BCUT2D eigenvalue weighted by molar-refractivity contribution is 0.331. The van der Waals surface area contributed by atoms with Crippen LogP contribution in [0.1, 0.15) is 6.42 Å². The van der Waals surface area contributed by atoms with Crippen molar-refractivity contribution in [3.8, 4) is 11.5 Å². The average molecular weight is 304 g/mol. The zero-order valence-corrected chi connectivity index (χ0v) is 13.1. The highest BCUT2D eigenvalue weighted by atomic mass is 32.2. The Labute approximate surface area is 120 Å². The summed E-state index contributed by atoms with van der Waals surface area (Å²) in [5, 5.41) is 0. The summed E-state index contributed by atoms with van der Waals surface area (Å²) in [6.07, 6.45) is 0.353. The van der Waals surface area contributed by atoms with E-state index in [1.165, 1.54) is 0 Å². The fourth-order valence-corrected chi connectivity index (χ4v) is 2.60. The molecule has 0 saturated carbocycles. The highest BCUT2D eigenvalue weighted by Gasteiger charge is 2.26. The molecule has 0 aromatic heterocycles. The van der Waals surface area contributed by atoms with Crippen molar-refractivity contribution in [2.45, 2.75) is 6.42 Å². The molecule has 0 spiro atoms. The molecule has 0 radical (unpaired) electrons. The summed E-state index contributed by atoms with van der Waals surface area (Å²) in [6.45, 7) is 0.545. The van der Waals surface area contributed by atoms with Gasteiger partial charge in [0.25, 0.3) is 10.1 Å². The second-order valence-electron chi connectivity index (χ2n) is 5.06. The van der Waals surface area contributed by atoms with Gasteiger partial charge in [-0.25, -0.2) is 0 Å². The topological polar surface area (TPSA) is 72.8 Å². The Morgan fingerprint density at radius 3 is 2.35 bits per heavy atom. The van der Waals surface area contributed by atoms with Crippen LogP contribution in [0.25, 0.3) is 0 Å². The van der Waals surface area contributed by atoms with Crippen LogP contribution in [0.5, 0.6) is 11.5 Å². The largest absolute Gasteiger partial charge is 0.493 e. The van der Waals surface area contributed by atoms with Crippen molar-refractivity contribution in [3.05, 3.63) is 18.2 Å². The third-order valence-corrected chi connectivity index (χ3v) is 3.96. The standard InChI is InChI=1S/C13H21NO5S/c1-14(2,9-6-10-20(15,16)17)11-7-5-8-12(18-3)13(11)19-4/h5,7-8H,6,9-10H2,1-4H3/p+1. The predicted molar refractivity (Wildman–Crippen MR) is 79.1 cm³/mol. The molecule has 114 valence electrons. The molecular weight excluding hydrogens is 282 g/mol. The molecule has 1 N–H and O–H groups in total. The van der Waals surface area contributed by atoms with Crippen molar-refractivity contribution in [3.63, 3.8) is 0 Å². The molecule has 0 unspecified atom stereocenters. The summed E-state index contributed by atoms with van der Waals surface area (Å²) in [5.74, 6) is 1.01. The van der Waals surface area contributed by atoms with Gasteiger partial charge in [0.2, 0.25) is 5.75 Å². The van der Waals surface area contributed by atoms with E-state index in [2.05, 4.69) is 0 Å². The summed E-state index contributed by atoms with van der Waals surface area (Å²) < 4.78 is 41.4. The van der Waals surface area contributed by atoms with Gasteiger partial charge in [0.15, 0.2) is 11.4 Å². The van der Waals surface area contributed by atoms with Crippen LogP contribution in [0.15, 0.2) is 18.2 Å². The fourth-order valence-electron chi connectivity index (χ4n) is 2.11. The first-order valence-electron chi connectivity index (χ1n) is 6.21. The fraction of sp³-hybridized carbons (Fsp3) is 0.538. The van der Waals surface area contributed by atoms with E-state index in [0.717, 1.165) is 5.69 Å². The third-order valence-electron chi connectivity index (χ3n) is 3.15. The van der Waals surface area contributed by atoms with Crippen LogP contribution in [0.4, 0.5) is 5.69 Å². The average Bonchev–Trinajstić information content (AvgIpc) is 2.35. The zero-order valence-electron chi connectivity index (χ0n) is 12.3. The van der Waals surface area contributed by atoms with Crippen molar-refractivity contribution in [2.75, 3.05) is 40.6 Å². The Hall–Kier alpha value is -1.31. The van der Waals surface area contributed by atoms with Crippen molar-refractivity contribution in [2.24, 2.45) is 0 Å². The van der Waals surface area contributed by atoms with E-state index in [-0.39, 0.29) is 5.75 Å². The van der Waals surface area contributed by atoms with Crippen molar-refractivity contribution in [1.82, 2.24) is 4.48 Å². The van der Waals surface area contributed by atoms with Gasteiger partial charge < -0.3 is 9.47 Å². The van der Waals surface area contributed by atoms with Crippen molar-refractivity contribution >= 4 is 15.8 Å². The number of methoxy groups -OCH3 is 2. The lowest BCUT2D eigenvalue weighted by Crippen LogP contribution is -2.42. The van der Waals surface area contributed by atoms with Gasteiger partial charge in [0, 0.05) is 12.5 Å². The SMILES string of the molecule is COc1cccc([N+](C)(C)CCCS(=O)(=O)O)c1OC. The minimum atomic E-state index is -3.92. The minimum Gasteiger partial charge on any atom is -0.493 e. The van der Waals surface area contributed by atoms with Crippen LogP contribution in [-0.2, 0) is 10.1 Å². The number of ether oxygens (including phenoxy) is 2. The second-order valence-corrected chi connectivity index (χ2v) is 6.63. The van der Waals surface area contributed by atoms with Gasteiger partial charge in [-0.2, -0.15) is 8.42 Å². The molecule has 7 heteroatoms. The number of benzene rings is 1. The van der Waals surface area contributed by atoms with E-state index in [1.54, 1.807) is 20.3 Å². The maximum absolute atomic E-state index is 10.8. The summed E-state index contributed by atoms with van der Waals surface area (Å²) in [4.78, 5) is 0. The van der Waals surface area contributed by atoms with Gasteiger partial charge >= 0.3 is 0 Å². The normalized spacial score (nSPS) is 12.2. The van der Waals surface area contributed by atoms with Crippen LogP contribution in [0, 0.1) is 0 Å². The molecule has 0 fully saturated rings. The first-order valence-corrected chi connectivity index (χ1v) is 7.82. The van der Waals surface area contributed by atoms with E-state index in [4.69, 9.17) is 14.0 Å². The Morgan fingerprint density at radius 2 is 1.85 bits per heavy atom. The Morgan fingerprint density at radius 1 is 1.20 bits per heavy atom. The summed E-state index contributed by atoms with van der Waals surface area (Å²) in [7, 11) is 3.11. The van der Waals surface area contributed by atoms with Gasteiger partial charge in [0.1, 0.15) is 0 Å². The van der Waals surface area contributed by atoms with Crippen molar-refractivity contribution < 1.29 is 22.4 Å². The van der Waals surface area contributed by atoms with Crippen LogP contribution >= 0.6 is 0 Å². The Balaban J connectivity index is 2.97. The lowest BCUT2D eigenvalue weighted by atomic mass is 10.2. The van der Waals surface area contributed by atoms with E-state index in [0.29, 0.717) is 28.9 Å². The van der Waals surface area contributed by atoms with Crippen LogP contribution in [-0.4, -0.2) is 53.6 Å². The maximum Gasteiger partial charge on any atom is 0.265 e. The summed E-state index contributed by atoms with van der Waals surface area (Å²) in [6, 6.07) is 5.58. The number of rotatable bonds is 7. The molecule has 1 rings (SSSR count). The highest BCUT2D eigenvalue weighted by molar-refractivity contribution is 7.85. The van der Waals surface area contributed by atoms with Gasteiger partial charge in [-0.3, -0.25) is 9.04 Å². The minimum absolute atomic E-state index is 0.249. The molecule has 6 nitrogen and oxygen atoms in total. The molecule has 0 atom stereocenters. The number of hydrogen-bond acceptors (Lipinski definition) is 4. The maximum atomic E-state index is 10.8. The number of hydrogen-bond donors (Lipinski definition) is 1. The van der Waals surface area contributed by atoms with Crippen LogP contribution in [0.2, 0.25) is 0 Å². The quantitative estimate of drug-likeness (QED) is 0.611. The van der Waals surface area contributed by atoms with E-state index >= 15 is 0 Å². The van der Waals surface area contributed by atoms with E-state index < -0.39 is 10.1 Å². The van der Waals surface area contributed by atoms with Gasteiger partial charge in [0.05, 0.1) is 40.6 Å². The van der Waals surface area contributed by atoms with Gasteiger partial charge in [-0.05, 0) is 6.07 Å². The van der Waals surface area contributed by atoms with E-state index in [9.17, 15) is 8.42 Å². The number of quaternary nitrogens is 1. The first kappa shape index (κ1) is 16.7. The molecule has 0 aliphatic rings. The molecular formula is C13H22NO5S+. The van der Waals surface area contributed by atoms with Crippen molar-refractivity contribution in [1.29, 1.82) is 0 Å². The molecule has 1 aromatic rings.